The fourth-order valence-corrected chi connectivity index (χ4v) is 1.70. The van der Waals surface area contributed by atoms with Crippen LogP contribution in [0.2, 0.25) is 5.15 Å². The van der Waals surface area contributed by atoms with Crippen LogP contribution in [0, 0.1) is 0 Å². The molecule has 0 N–H and O–H groups in total. The lowest BCUT2D eigenvalue weighted by Gasteiger charge is -2.21. The fraction of sp³-hybridized carbons (Fsp3) is 0.545. The van der Waals surface area contributed by atoms with Crippen LogP contribution >= 0.6 is 11.6 Å². The first-order valence-electron chi connectivity index (χ1n) is 5.52. The maximum Gasteiger partial charge on any atom is 0.358 e. The first-order chi connectivity index (χ1) is 8.25. The summed E-state index contributed by atoms with van der Waals surface area (Å²) >= 11 is 5.57. The van der Waals surface area contributed by atoms with Crippen molar-refractivity contribution in [2.75, 3.05) is 13.2 Å². The topological polar surface area (TPSA) is 61.3 Å². The predicted molar refractivity (Wildman–Crippen MR) is 60.9 cm³/mol. The molecule has 92 valence electrons. The molecule has 5 nitrogen and oxygen atoms in total. The molecule has 1 aromatic rings. The average Bonchev–Trinajstić information content (AvgIpc) is 2.38. The van der Waals surface area contributed by atoms with Crippen molar-refractivity contribution in [3.8, 4) is 0 Å². The third-order valence-electron chi connectivity index (χ3n) is 2.50. The third-order valence-corrected chi connectivity index (χ3v) is 2.70. The minimum Gasteiger partial charge on any atom is -0.458 e. The third kappa shape index (κ3) is 3.64. The Bertz CT molecular complexity index is 377. The normalized spacial score (nSPS) is 19.9. The van der Waals surface area contributed by atoms with Crippen molar-refractivity contribution < 1.29 is 14.3 Å². The zero-order valence-electron chi connectivity index (χ0n) is 9.26. The highest BCUT2D eigenvalue weighted by Gasteiger charge is 2.17. The highest BCUT2D eigenvalue weighted by atomic mass is 35.5. The van der Waals surface area contributed by atoms with E-state index in [1.807, 2.05) is 0 Å². The maximum absolute atomic E-state index is 11.6. The summed E-state index contributed by atoms with van der Waals surface area (Å²) < 4.78 is 10.5. The minimum atomic E-state index is -0.497. The summed E-state index contributed by atoms with van der Waals surface area (Å²) in [5.74, 6) is -0.497. The number of esters is 1. The summed E-state index contributed by atoms with van der Waals surface area (Å²) in [5, 5.41) is 0.247. The van der Waals surface area contributed by atoms with Gasteiger partial charge in [-0.15, -0.1) is 0 Å². The molecule has 1 aliphatic rings. The zero-order chi connectivity index (χ0) is 12.1. The van der Waals surface area contributed by atoms with E-state index in [2.05, 4.69) is 9.97 Å². The Balaban J connectivity index is 1.82. The molecule has 1 saturated heterocycles. The van der Waals surface area contributed by atoms with E-state index in [1.54, 1.807) is 0 Å². The molecule has 2 heterocycles. The fourth-order valence-electron chi connectivity index (χ4n) is 1.60. The molecule has 2 rings (SSSR count). The molecule has 6 heteroatoms. The molecule has 1 fully saturated rings. The minimum absolute atomic E-state index is 0.00737. The Labute approximate surface area is 104 Å². The Morgan fingerprint density at radius 2 is 2.35 bits per heavy atom. The van der Waals surface area contributed by atoms with Gasteiger partial charge in [-0.05, 0) is 19.3 Å². The lowest BCUT2D eigenvalue weighted by atomic mass is 10.1. The van der Waals surface area contributed by atoms with Crippen LogP contribution in [-0.4, -0.2) is 35.3 Å². The number of nitrogens with zero attached hydrogens (tertiary/aromatic N) is 2. The molecule has 0 aliphatic carbocycles. The van der Waals surface area contributed by atoms with Crippen LogP contribution < -0.4 is 0 Å². The van der Waals surface area contributed by atoms with Gasteiger partial charge in [0.25, 0.3) is 0 Å². The Morgan fingerprint density at radius 1 is 1.47 bits per heavy atom. The van der Waals surface area contributed by atoms with Crippen LogP contribution in [0.5, 0.6) is 0 Å². The largest absolute Gasteiger partial charge is 0.458 e. The van der Waals surface area contributed by atoms with Crippen molar-refractivity contribution in [1.82, 2.24) is 9.97 Å². The SMILES string of the molecule is O=C(OCC1CCCCO1)c1cnc(Cl)cn1. The van der Waals surface area contributed by atoms with Gasteiger partial charge in [0, 0.05) is 6.61 Å². The molecule has 0 amide bonds. The summed E-state index contributed by atoms with van der Waals surface area (Å²) in [6.45, 7) is 1.01. The molecule has 0 bridgehead atoms. The van der Waals surface area contributed by atoms with Crippen molar-refractivity contribution in [2.24, 2.45) is 0 Å². The van der Waals surface area contributed by atoms with E-state index in [9.17, 15) is 4.79 Å². The van der Waals surface area contributed by atoms with Crippen molar-refractivity contribution in [2.45, 2.75) is 25.4 Å². The Hall–Kier alpha value is -1.20. The van der Waals surface area contributed by atoms with E-state index in [1.165, 1.54) is 12.4 Å². The molecule has 1 aromatic heterocycles. The van der Waals surface area contributed by atoms with E-state index < -0.39 is 5.97 Å². The molecule has 1 aliphatic heterocycles. The van der Waals surface area contributed by atoms with Crippen molar-refractivity contribution in [1.29, 1.82) is 0 Å². The smallest absolute Gasteiger partial charge is 0.358 e. The summed E-state index contributed by atoms with van der Waals surface area (Å²) in [7, 11) is 0. The molecule has 17 heavy (non-hydrogen) atoms. The quantitative estimate of drug-likeness (QED) is 0.773. The monoisotopic (exact) mass is 256 g/mol. The molecule has 0 radical (unpaired) electrons. The Kier molecular flexibility index (Phi) is 4.28. The van der Waals surface area contributed by atoms with Crippen LogP contribution in [0.1, 0.15) is 29.8 Å². The molecule has 1 unspecified atom stereocenters. The van der Waals surface area contributed by atoms with Crippen molar-refractivity contribution in [3.63, 3.8) is 0 Å². The highest BCUT2D eigenvalue weighted by molar-refractivity contribution is 6.29. The van der Waals surface area contributed by atoms with Gasteiger partial charge in [0.15, 0.2) is 5.69 Å². The molecular formula is C11H13ClN2O3. The number of ether oxygens (including phenoxy) is 2. The number of hydrogen-bond acceptors (Lipinski definition) is 5. The number of hydrogen-bond donors (Lipinski definition) is 0. The highest BCUT2D eigenvalue weighted by Crippen LogP contribution is 2.13. The van der Waals surface area contributed by atoms with Gasteiger partial charge in [-0.3, -0.25) is 0 Å². The van der Waals surface area contributed by atoms with Crippen molar-refractivity contribution in [3.05, 3.63) is 23.2 Å². The number of carbonyl (C=O) groups excluding carboxylic acids is 1. The van der Waals surface area contributed by atoms with Gasteiger partial charge in [0.05, 0.1) is 18.5 Å². The van der Waals surface area contributed by atoms with E-state index in [0.717, 1.165) is 25.9 Å². The van der Waals surface area contributed by atoms with Gasteiger partial charge < -0.3 is 9.47 Å². The number of aromatic nitrogens is 2. The second-order valence-corrected chi connectivity index (χ2v) is 4.20. The lowest BCUT2D eigenvalue weighted by molar-refractivity contribution is -0.0302. The van der Waals surface area contributed by atoms with Gasteiger partial charge >= 0.3 is 5.97 Å². The van der Waals surface area contributed by atoms with Crippen LogP contribution in [-0.2, 0) is 9.47 Å². The van der Waals surface area contributed by atoms with Gasteiger partial charge in [0.2, 0.25) is 0 Å². The zero-order valence-corrected chi connectivity index (χ0v) is 10.0. The van der Waals surface area contributed by atoms with E-state index in [-0.39, 0.29) is 23.6 Å². The molecule has 0 aromatic carbocycles. The predicted octanol–water partition coefficient (Wildman–Crippen LogP) is 1.86. The second kappa shape index (κ2) is 5.93. The van der Waals surface area contributed by atoms with E-state index in [0.29, 0.717) is 0 Å². The lowest BCUT2D eigenvalue weighted by Crippen LogP contribution is -2.26. The van der Waals surface area contributed by atoms with Gasteiger partial charge in [-0.1, -0.05) is 11.6 Å². The molecular weight excluding hydrogens is 244 g/mol. The van der Waals surface area contributed by atoms with Crippen LogP contribution in [0.25, 0.3) is 0 Å². The summed E-state index contributed by atoms with van der Waals surface area (Å²) in [6, 6.07) is 0. The molecule has 0 saturated carbocycles. The molecule has 0 spiro atoms. The maximum atomic E-state index is 11.6. The summed E-state index contributed by atoms with van der Waals surface area (Å²) in [4.78, 5) is 19.2. The molecule has 1 atom stereocenters. The van der Waals surface area contributed by atoms with Crippen LogP contribution in [0.3, 0.4) is 0 Å². The first-order valence-corrected chi connectivity index (χ1v) is 5.90. The standard InChI is InChI=1S/C11H13ClN2O3/c12-10-6-13-9(5-14-10)11(15)17-7-8-3-1-2-4-16-8/h5-6,8H,1-4,7H2. The van der Waals surface area contributed by atoms with Gasteiger partial charge in [-0.2, -0.15) is 0 Å². The van der Waals surface area contributed by atoms with Gasteiger partial charge in [0.1, 0.15) is 11.8 Å². The van der Waals surface area contributed by atoms with Gasteiger partial charge in [-0.25, -0.2) is 14.8 Å². The Morgan fingerprint density at radius 3 is 3.00 bits per heavy atom. The van der Waals surface area contributed by atoms with Crippen LogP contribution in [0.15, 0.2) is 12.4 Å². The first kappa shape index (κ1) is 12.3. The number of carbonyl (C=O) groups is 1. The summed E-state index contributed by atoms with van der Waals surface area (Å²) in [6.07, 6.45) is 5.74. The second-order valence-electron chi connectivity index (χ2n) is 3.81. The number of rotatable bonds is 3. The van der Waals surface area contributed by atoms with Crippen molar-refractivity contribution >= 4 is 17.6 Å². The van der Waals surface area contributed by atoms with Crippen LogP contribution in [0.4, 0.5) is 0 Å². The summed E-state index contributed by atoms with van der Waals surface area (Å²) in [5.41, 5.74) is 0.158. The van der Waals surface area contributed by atoms with E-state index >= 15 is 0 Å². The number of halogens is 1. The van der Waals surface area contributed by atoms with E-state index in [4.69, 9.17) is 21.1 Å². The average molecular weight is 257 g/mol.